The van der Waals surface area contributed by atoms with Crippen LogP contribution in [0.4, 0.5) is 0 Å². The minimum atomic E-state index is -3.28. The molecule has 0 saturated carbocycles. The second-order valence-electron chi connectivity index (χ2n) is 10.9. The third-order valence-electron chi connectivity index (χ3n) is 6.41. The molecule has 5 saturated heterocycles. The molecule has 0 radical (unpaired) electrons. The van der Waals surface area contributed by atoms with Crippen molar-refractivity contribution in [3.05, 3.63) is 0 Å². The summed E-state index contributed by atoms with van der Waals surface area (Å²) in [6.45, 7) is 30.4. The number of rotatable bonds is 3. The monoisotopic (exact) mass is 941 g/mol. The van der Waals surface area contributed by atoms with E-state index in [9.17, 15) is 23.1 Å². The molecule has 4 N–H and O–H groups in total. The summed E-state index contributed by atoms with van der Waals surface area (Å²) in [5.74, 6) is 0.339. The van der Waals surface area contributed by atoms with Crippen molar-refractivity contribution in [1.82, 2.24) is 6.15 Å². The number of Topliss-reactive ketones (excluding diaryl/α,β-unsaturated/α-hetero) is 1. The van der Waals surface area contributed by atoms with Crippen LogP contribution in [0, 0.1) is 0 Å². The number of ether oxygens (including phenoxy) is 5. The summed E-state index contributed by atoms with van der Waals surface area (Å²) in [5.41, 5.74) is 0. The summed E-state index contributed by atoms with van der Waals surface area (Å²) in [7, 11) is -3.28. The fraction of sp³-hybridized carbons (Fsp3) is 0.925. The van der Waals surface area contributed by atoms with Crippen LogP contribution in [-0.4, -0.2) is 125 Å². The molecule has 58 heavy (non-hydrogen) atoms. The van der Waals surface area contributed by atoms with E-state index < -0.39 is 10.1 Å². The SMILES string of the molecule is CC.CC.CC.CC.CC.CC(=O)SC1CCOCC1.CC([O-])=S.CS(=O)(=O)OC1CCOCC1.N.O=C1CCOCC1.OC1CCOCC1.SC1CCOCC1.[K+]. The van der Waals surface area contributed by atoms with E-state index in [4.69, 9.17) is 33.0 Å². The number of ketones is 1. The van der Waals surface area contributed by atoms with Crippen LogP contribution in [0.5, 0.6) is 0 Å². The van der Waals surface area contributed by atoms with Gasteiger partial charge >= 0.3 is 51.4 Å². The topological polar surface area (TPSA) is 202 Å². The molecule has 350 valence electrons. The van der Waals surface area contributed by atoms with Gasteiger partial charge in [-0.3, -0.25) is 13.8 Å². The number of aliphatic hydroxyl groups is 1. The number of hydrogen-bond donors (Lipinski definition) is 3. The Kier molecular flexibility index (Phi) is 82.4. The van der Waals surface area contributed by atoms with Crippen molar-refractivity contribution in [2.24, 2.45) is 0 Å². The zero-order chi connectivity index (χ0) is 44.6. The molecule has 5 aliphatic rings. The summed E-state index contributed by atoms with van der Waals surface area (Å²) in [4.78, 5) is 21.0. The van der Waals surface area contributed by atoms with Crippen LogP contribution in [0.2, 0.25) is 0 Å². The first-order valence-electron chi connectivity index (χ1n) is 20.8. The van der Waals surface area contributed by atoms with Gasteiger partial charge in [-0.1, -0.05) is 86.0 Å². The number of thioether (sulfide) groups is 1. The first-order valence-corrected chi connectivity index (χ1v) is 24.4. The Labute approximate surface area is 414 Å². The van der Waals surface area contributed by atoms with Crippen molar-refractivity contribution < 1.29 is 107 Å². The fourth-order valence-corrected chi connectivity index (χ4v) is 5.81. The number of thiol groups is 1. The summed E-state index contributed by atoms with van der Waals surface area (Å²) >= 11 is 9.72. The van der Waals surface area contributed by atoms with Gasteiger partial charge in [0.05, 0.1) is 31.7 Å². The molecule has 5 rings (SSSR count). The van der Waals surface area contributed by atoms with E-state index in [1.165, 1.54) is 18.7 Å². The maximum Gasteiger partial charge on any atom is 1.00 e. The second kappa shape index (κ2) is 62.5. The van der Waals surface area contributed by atoms with Crippen molar-refractivity contribution in [3.8, 4) is 0 Å². The summed E-state index contributed by atoms with van der Waals surface area (Å²) in [5, 5.41) is 19.2. The maximum absolute atomic E-state index is 10.6. The van der Waals surface area contributed by atoms with E-state index in [1.54, 1.807) is 6.92 Å². The zero-order valence-electron chi connectivity index (χ0n) is 39.3. The smallest absolute Gasteiger partial charge is 0.868 e. The molecule has 0 aromatic rings. The molecule has 0 amide bonds. The first-order chi connectivity index (χ1) is 26.8. The fourth-order valence-electron chi connectivity index (χ4n) is 4.02. The molecule has 0 aromatic heterocycles. The van der Waals surface area contributed by atoms with Gasteiger partial charge in [0, 0.05) is 83.1 Å². The predicted molar refractivity (Wildman–Crippen MR) is 246 cm³/mol. The van der Waals surface area contributed by atoms with Crippen LogP contribution >= 0.6 is 36.6 Å². The number of hydrogen-bond acceptors (Lipinski definition) is 16. The van der Waals surface area contributed by atoms with Crippen molar-refractivity contribution in [2.45, 2.75) is 170 Å². The number of carbonyl (C=O) groups is 2. The molecular weight excluding hydrogens is 854 g/mol. The second-order valence-corrected chi connectivity index (χ2v) is 15.2. The molecule has 5 aliphatic heterocycles. The number of aliphatic hydroxyl groups excluding tert-OH is 1. The van der Waals surface area contributed by atoms with Crippen LogP contribution in [0.25, 0.3) is 0 Å². The average Bonchev–Trinajstić information content (AvgIpc) is 3.20. The van der Waals surface area contributed by atoms with E-state index in [0.717, 1.165) is 84.4 Å². The van der Waals surface area contributed by atoms with E-state index >= 15 is 0 Å². The van der Waals surface area contributed by atoms with Gasteiger partial charge in [0.2, 0.25) is 0 Å². The van der Waals surface area contributed by atoms with Crippen LogP contribution in [0.1, 0.15) is 147 Å². The van der Waals surface area contributed by atoms with Crippen LogP contribution in [0.3, 0.4) is 0 Å². The van der Waals surface area contributed by atoms with Crippen molar-refractivity contribution in [2.75, 3.05) is 72.3 Å². The minimum absolute atomic E-state index is 0. The molecule has 0 aromatic carbocycles. The Morgan fingerprint density at radius 1 is 0.690 bits per heavy atom. The molecule has 0 spiro atoms. The van der Waals surface area contributed by atoms with Gasteiger partial charge in [0.15, 0.2) is 5.12 Å². The van der Waals surface area contributed by atoms with Crippen molar-refractivity contribution >= 4 is 62.7 Å². The Balaban J connectivity index is -0.0000000832. The van der Waals surface area contributed by atoms with Gasteiger partial charge < -0.3 is 40.0 Å². The molecule has 18 heteroatoms. The number of thiocarbonyl (C=S) groups is 1. The normalized spacial score (nSPS) is 17.5. The van der Waals surface area contributed by atoms with Crippen molar-refractivity contribution in [1.29, 1.82) is 0 Å². The van der Waals surface area contributed by atoms with Crippen LogP contribution in [0.15, 0.2) is 0 Å². The Hall–Kier alpha value is 1.20. The first kappa shape index (κ1) is 76.5. The van der Waals surface area contributed by atoms with Crippen LogP contribution < -0.4 is 62.6 Å². The quantitative estimate of drug-likeness (QED) is 0.144. The minimum Gasteiger partial charge on any atom is -0.868 e. The summed E-state index contributed by atoms with van der Waals surface area (Å²) in [6, 6.07) is 0. The molecular formula is C40H88KNO12S4. The third kappa shape index (κ3) is 71.7. The zero-order valence-corrected chi connectivity index (χ0v) is 45.7. The van der Waals surface area contributed by atoms with Gasteiger partial charge in [0.25, 0.3) is 10.1 Å². The van der Waals surface area contributed by atoms with Gasteiger partial charge in [0.1, 0.15) is 5.78 Å². The molecule has 13 nitrogen and oxygen atoms in total. The maximum atomic E-state index is 10.6. The summed E-state index contributed by atoms with van der Waals surface area (Å²) < 4.78 is 51.2. The predicted octanol–water partition coefficient (Wildman–Crippen LogP) is 5.20. The third-order valence-corrected chi connectivity index (χ3v) is 8.69. The average molecular weight is 943 g/mol. The standard InChI is InChI=1S/C7H12O2S.C6H12O4S.C5H10O2.C5H8O2.C5H10OS.C2H4OS.5C2H6.K.H3N/c1-6(8)10-7-2-4-9-5-3-7;1-11(7,8)10-6-2-4-9-5-3-6;2*6-5-1-3-7-4-2-5;7-5-1-3-6-4-2-5;1-2(3)4;5*1-2;;/h7H,2-5H2,1H3;6H,2-5H2,1H3;5-6H,1-4H2;1-4H2;5,7H,1-4H2;1H3,(H,3,4);5*1-2H3;;1H3/q;;;;;;;;;;;+1;/p-1. The molecule has 0 atom stereocenters. The van der Waals surface area contributed by atoms with E-state index in [2.05, 4.69) is 24.8 Å². The Morgan fingerprint density at radius 3 is 1.21 bits per heavy atom. The molecule has 0 aliphatic carbocycles. The number of carbonyl (C=O) groups excluding carboxylic acids is 2. The Bertz CT molecular complexity index is 874. The van der Waals surface area contributed by atoms with Crippen LogP contribution in [-0.2, 0) is 47.6 Å². The van der Waals surface area contributed by atoms with Gasteiger partial charge in [-0.15, -0.1) is 12.2 Å². The molecule has 5 fully saturated rings. The summed E-state index contributed by atoms with van der Waals surface area (Å²) in [6.07, 6.45) is 9.37. The van der Waals surface area contributed by atoms with E-state index in [-0.39, 0.29) is 79.9 Å². The van der Waals surface area contributed by atoms with E-state index in [0.29, 0.717) is 68.4 Å². The molecule has 5 heterocycles. The molecule has 0 bridgehead atoms. The van der Waals surface area contributed by atoms with Gasteiger partial charge in [-0.2, -0.15) is 21.0 Å². The van der Waals surface area contributed by atoms with Crippen molar-refractivity contribution in [3.63, 3.8) is 0 Å². The Morgan fingerprint density at radius 2 is 0.983 bits per heavy atom. The van der Waals surface area contributed by atoms with E-state index in [1.807, 2.05) is 69.2 Å². The molecule has 0 unspecified atom stereocenters. The van der Waals surface area contributed by atoms with Gasteiger partial charge in [-0.25, -0.2) is 0 Å². The van der Waals surface area contributed by atoms with Gasteiger partial charge in [-0.05, 0) is 58.3 Å². The largest absolute Gasteiger partial charge is 1.00 e.